The SMILES string of the molecule is COC(=O)Cc1coc2ccc(CN(C)C)cc12. The summed E-state index contributed by atoms with van der Waals surface area (Å²) in [5, 5.41) is 0.986. The van der Waals surface area contributed by atoms with Gasteiger partial charge in [0.1, 0.15) is 5.58 Å². The summed E-state index contributed by atoms with van der Waals surface area (Å²) in [6, 6.07) is 6.04. The first kappa shape index (κ1) is 12.6. The molecule has 0 unspecified atom stereocenters. The van der Waals surface area contributed by atoms with Crippen molar-refractivity contribution in [3.63, 3.8) is 0 Å². The average molecular weight is 247 g/mol. The number of esters is 1. The number of methoxy groups -OCH3 is 1. The molecular formula is C14H17NO3. The van der Waals surface area contributed by atoms with Crippen LogP contribution in [0.4, 0.5) is 0 Å². The predicted molar refractivity (Wildman–Crippen MR) is 69.3 cm³/mol. The van der Waals surface area contributed by atoms with Crippen LogP contribution in [0.5, 0.6) is 0 Å². The van der Waals surface area contributed by atoms with Crippen LogP contribution in [0.3, 0.4) is 0 Å². The first-order valence-electron chi connectivity index (χ1n) is 5.80. The third-order valence-corrected chi connectivity index (χ3v) is 2.78. The number of fused-ring (bicyclic) bond motifs is 1. The van der Waals surface area contributed by atoms with Gasteiger partial charge in [-0.3, -0.25) is 4.79 Å². The smallest absolute Gasteiger partial charge is 0.310 e. The molecule has 1 aromatic heterocycles. The van der Waals surface area contributed by atoms with Gasteiger partial charge in [0.15, 0.2) is 0 Å². The van der Waals surface area contributed by atoms with Crippen LogP contribution in [0.2, 0.25) is 0 Å². The van der Waals surface area contributed by atoms with Crippen LogP contribution in [-0.2, 0) is 22.5 Å². The number of furan rings is 1. The van der Waals surface area contributed by atoms with E-state index in [1.807, 2.05) is 26.2 Å². The van der Waals surface area contributed by atoms with Crippen LogP contribution in [0.1, 0.15) is 11.1 Å². The molecule has 0 amide bonds. The number of ether oxygens (including phenoxy) is 1. The molecule has 1 heterocycles. The Kier molecular flexibility index (Phi) is 3.67. The van der Waals surface area contributed by atoms with Crippen molar-refractivity contribution in [2.45, 2.75) is 13.0 Å². The molecule has 0 aliphatic heterocycles. The van der Waals surface area contributed by atoms with E-state index in [4.69, 9.17) is 4.42 Å². The Hall–Kier alpha value is -1.81. The summed E-state index contributed by atoms with van der Waals surface area (Å²) in [5.74, 6) is -0.254. The molecule has 4 heteroatoms. The fourth-order valence-electron chi connectivity index (χ4n) is 1.96. The van der Waals surface area contributed by atoms with Crippen molar-refractivity contribution in [3.8, 4) is 0 Å². The van der Waals surface area contributed by atoms with Gasteiger partial charge in [0.05, 0.1) is 19.8 Å². The van der Waals surface area contributed by atoms with Gasteiger partial charge in [-0.25, -0.2) is 0 Å². The van der Waals surface area contributed by atoms with Gasteiger partial charge >= 0.3 is 5.97 Å². The number of carbonyl (C=O) groups is 1. The molecule has 0 bridgehead atoms. The lowest BCUT2D eigenvalue weighted by atomic mass is 10.1. The highest BCUT2D eigenvalue weighted by Crippen LogP contribution is 2.23. The van der Waals surface area contributed by atoms with Crippen LogP contribution < -0.4 is 0 Å². The number of hydrogen-bond donors (Lipinski definition) is 0. The minimum atomic E-state index is -0.254. The molecule has 2 aromatic rings. The molecule has 0 saturated carbocycles. The number of carbonyl (C=O) groups excluding carboxylic acids is 1. The normalized spacial score (nSPS) is 11.1. The van der Waals surface area contributed by atoms with Gasteiger partial charge in [0.25, 0.3) is 0 Å². The van der Waals surface area contributed by atoms with E-state index in [0.29, 0.717) is 0 Å². The molecule has 0 saturated heterocycles. The summed E-state index contributed by atoms with van der Waals surface area (Å²) in [6.45, 7) is 0.860. The standard InChI is InChI=1S/C14H17NO3/c1-15(2)8-10-4-5-13-12(6-10)11(9-18-13)7-14(16)17-3/h4-6,9H,7-8H2,1-3H3. The van der Waals surface area contributed by atoms with Crippen LogP contribution in [0, 0.1) is 0 Å². The molecule has 0 atom stereocenters. The molecule has 0 aliphatic rings. The van der Waals surface area contributed by atoms with E-state index >= 15 is 0 Å². The summed E-state index contributed by atoms with van der Waals surface area (Å²) < 4.78 is 10.1. The van der Waals surface area contributed by atoms with E-state index in [9.17, 15) is 4.79 Å². The molecule has 96 valence electrons. The van der Waals surface area contributed by atoms with Gasteiger partial charge < -0.3 is 14.1 Å². The fourth-order valence-corrected chi connectivity index (χ4v) is 1.96. The lowest BCUT2D eigenvalue weighted by Crippen LogP contribution is -2.10. The number of benzene rings is 1. The van der Waals surface area contributed by atoms with Crippen molar-refractivity contribution in [2.24, 2.45) is 0 Å². The van der Waals surface area contributed by atoms with Crippen LogP contribution in [0.25, 0.3) is 11.0 Å². The Bertz CT molecular complexity index is 557. The summed E-state index contributed by atoms with van der Waals surface area (Å²) in [4.78, 5) is 13.4. The van der Waals surface area contributed by atoms with Gasteiger partial charge in [-0.15, -0.1) is 0 Å². The summed E-state index contributed by atoms with van der Waals surface area (Å²) in [6.07, 6.45) is 1.87. The van der Waals surface area contributed by atoms with Gasteiger partial charge in [-0.2, -0.15) is 0 Å². The third kappa shape index (κ3) is 2.71. The van der Waals surface area contributed by atoms with Gasteiger partial charge in [0, 0.05) is 17.5 Å². The highest BCUT2D eigenvalue weighted by Gasteiger charge is 2.11. The molecule has 18 heavy (non-hydrogen) atoms. The highest BCUT2D eigenvalue weighted by atomic mass is 16.5. The summed E-state index contributed by atoms with van der Waals surface area (Å²) in [7, 11) is 5.44. The molecule has 0 N–H and O–H groups in total. The molecule has 0 fully saturated rings. The maximum Gasteiger partial charge on any atom is 0.310 e. The van der Waals surface area contributed by atoms with E-state index < -0.39 is 0 Å². The number of hydrogen-bond acceptors (Lipinski definition) is 4. The Morgan fingerprint density at radius 3 is 2.83 bits per heavy atom. The Morgan fingerprint density at radius 1 is 1.39 bits per heavy atom. The molecule has 0 spiro atoms. The molecular weight excluding hydrogens is 230 g/mol. The largest absolute Gasteiger partial charge is 0.469 e. The van der Waals surface area contributed by atoms with Crippen molar-refractivity contribution in [1.82, 2.24) is 4.90 Å². The zero-order valence-electron chi connectivity index (χ0n) is 10.9. The molecule has 0 aliphatic carbocycles. The van der Waals surface area contributed by atoms with E-state index in [1.54, 1.807) is 6.26 Å². The predicted octanol–water partition coefficient (Wildman–Crippen LogP) is 2.21. The third-order valence-electron chi connectivity index (χ3n) is 2.78. The van der Waals surface area contributed by atoms with Crippen LogP contribution in [0.15, 0.2) is 28.9 Å². The van der Waals surface area contributed by atoms with Crippen molar-refractivity contribution in [2.75, 3.05) is 21.2 Å². The molecule has 0 radical (unpaired) electrons. The second kappa shape index (κ2) is 5.23. The lowest BCUT2D eigenvalue weighted by Gasteiger charge is -2.09. The van der Waals surface area contributed by atoms with Gasteiger partial charge in [0.2, 0.25) is 0 Å². The molecule has 1 aromatic carbocycles. The first-order chi connectivity index (χ1) is 8.60. The quantitative estimate of drug-likeness (QED) is 0.777. The second-order valence-electron chi connectivity index (χ2n) is 4.58. The zero-order valence-corrected chi connectivity index (χ0v) is 10.9. The summed E-state index contributed by atoms with van der Waals surface area (Å²) in [5.41, 5.74) is 2.87. The maximum atomic E-state index is 11.3. The van der Waals surface area contributed by atoms with Crippen LogP contribution in [-0.4, -0.2) is 32.1 Å². The highest BCUT2D eigenvalue weighted by molar-refractivity contribution is 5.86. The lowest BCUT2D eigenvalue weighted by molar-refractivity contribution is -0.139. The molecule has 4 nitrogen and oxygen atoms in total. The van der Waals surface area contributed by atoms with Gasteiger partial charge in [-0.1, -0.05) is 6.07 Å². The number of rotatable bonds is 4. The Balaban J connectivity index is 2.33. The monoisotopic (exact) mass is 247 g/mol. The average Bonchev–Trinajstić information content (AvgIpc) is 2.71. The molecule has 2 rings (SSSR count). The minimum absolute atomic E-state index is 0.245. The van der Waals surface area contributed by atoms with E-state index in [2.05, 4.69) is 15.7 Å². The zero-order chi connectivity index (χ0) is 13.1. The van der Waals surface area contributed by atoms with Crippen molar-refractivity contribution < 1.29 is 13.9 Å². The fraction of sp³-hybridized carbons (Fsp3) is 0.357. The van der Waals surface area contributed by atoms with Crippen molar-refractivity contribution in [3.05, 3.63) is 35.6 Å². The minimum Gasteiger partial charge on any atom is -0.469 e. The first-order valence-corrected chi connectivity index (χ1v) is 5.80. The summed E-state index contributed by atoms with van der Waals surface area (Å²) >= 11 is 0. The van der Waals surface area contributed by atoms with E-state index in [0.717, 1.165) is 23.1 Å². The van der Waals surface area contributed by atoms with Crippen molar-refractivity contribution >= 4 is 16.9 Å². The maximum absolute atomic E-state index is 11.3. The topological polar surface area (TPSA) is 42.7 Å². The van der Waals surface area contributed by atoms with E-state index in [1.165, 1.54) is 12.7 Å². The van der Waals surface area contributed by atoms with Gasteiger partial charge in [-0.05, 0) is 31.8 Å². The van der Waals surface area contributed by atoms with Crippen molar-refractivity contribution in [1.29, 1.82) is 0 Å². The number of nitrogens with zero attached hydrogens (tertiary/aromatic N) is 1. The Labute approximate surface area is 106 Å². The Morgan fingerprint density at radius 2 is 2.17 bits per heavy atom. The van der Waals surface area contributed by atoms with Crippen LogP contribution >= 0.6 is 0 Å². The van der Waals surface area contributed by atoms with E-state index in [-0.39, 0.29) is 12.4 Å². The second-order valence-corrected chi connectivity index (χ2v) is 4.58.